The summed E-state index contributed by atoms with van der Waals surface area (Å²) in [5.74, 6) is -0.424. The first-order chi connectivity index (χ1) is 11.7. The Morgan fingerprint density at radius 3 is 2.79 bits per heavy atom. The quantitative estimate of drug-likeness (QED) is 0.677. The standard InChI is InChI=1S/C18H15FN2OS2/c19-13-4-1-2-5-14(13)20-18(22)21-9-7-15-12(8-11-24-15)17(21)16-6-3-10-23-16/h1-6,8,10-11,17H,7,9H2,(H,20,22)/t17-/m0/s1. The molecule has 1 aliphatic rings. The van der Waals surface area contributed by atoms with E-state index in [1.807, 2.05) is 17.5 Å². The van der Waals surface area contributed by atoms with Crippen LogP contribution in [0.3, 0.4) is 0 Å². The molecule has 0 aliphatic carbocycles. The number of carbonyl (C=O) groups excluding carboxylic acids is 1. The van der Waals surface area contributed by atoms with Gasteiger partial charge >= 0.3 is 6.03 Å². The molecule has 3 nitrogen and oxygen atoms in total. The van der Waals surface area contributed by atoms with Crippen molar-refractivity contribution in [1.29, 1.82) is 0 Å². The molecule has 0 bridgehead atoms. The van der Waals surface area contributed by atoms with Crippen LogP contribution >= 0.6 is 22.7 Å². The summed E-state index contributed by atoms with van der Waals surface area (Å²) in [6.45, 7) is 0.621. The van der Waals surface area contributed by atoms with E-state index in [9.17, 15) is 9.18 Å². The Kier molecular flexibility index (Phi) is 4.08. The van der Waals surface area contributed by atoms with Crippen molar-refractivity contribution in [3.63, 3.8) is 0 Å². The fourth-order valence-corrected chi connectivity index (χ4v) is 4.80. The second-order valence-corrected chi connectivity index (χ2v) is 7.55. The number of anilines is 1. The third-order valence-corrected chi connectivity index (χ3v) is 6.08. The Bertz CT molecular complexity index is 860. The molecule has 3 aromatic rings. The normalized spacial score (nSPS) is 16.7. The first-order valence-electron chi connectivity index (χ1n) is 7.66. The van der Waals surface area contributed by atoms with Gasteiger partial charge in [0, 0.05) is 16.3 Å². The van der Waals surface area contributed by atoms with Crippen molar-refractivity contribution < 1.29 is 9.18 Å². The van der Waals surface area contributed by atoms with Gasteiger partial charge < -0.3 is 10.2 Å². The SMILES string of the molecule is O=C(Nc1ccccc1F)N1CCc2sccc2[C@H]1c1cccs1. The lowest BCUT2D eigenvalue weighted by Gasteiger charge is -2.35. The number of nitrogens with zero attached hydrogens (tertiary/aromatic N) is 1. The van der Waals surface area contributed by atoms with E-state index >= 15 is 0 Å². The summed E-state index contributed by atoms with van der Waals surface area (Å²) in [7, 11) is 0. The van der Waals surface area contributed by atoms with Crippen molar-refractivity contribution in [2.24, 2.45) is 0 Å². The monoisotopic (exact) mass is 358 g/mol. The van der Waals surface area contributed by atoms with Crippen LogP contribution in [0.25, 0.3) is 0 Å². The van der Waals surface area contributed by atoms with Crippen molar-refractivity contribution in [2.75, 3.05) is 11.9 Å². The Morgan fingerprint density at radius 1 is 1.12 bits per heavy atom. The van der Waals surface area contributed by atoms with Crippen molar-refractivity contribution in [2.45, 2.75) is 12.5 Å². The number of fused-ring (bicyclic) bond motifs is 1. The molecule has 122 valence electrons. The summed E-state index contributed by atoms with van der Waals surface area (Å²) in [6, 6.07) is 12.0. The van der Waals surface area contributed by atoms with Crippen LogP contribution < -0.4 is 5.32 Å². The molecule has 0 saturated heterocycles. The fourth-order valence-electron chi connectivity index (χ4n) is 3.04. The van der Waals surface area contributed by atoms with Gasteiger partial charge in [0.25, 0.3) is 0 Å². The molecule has 3 heterocycles. The molecule has 1 aromatic carbocycles. The van der Waals surface area contributed by atoms with Crippen LogP contribution in [0.2, 0.25) is 0 Å². The van der Waals surface area contributed by atoms with Crippen LogP contribution in [-0.4, -0.2) is 17.5 Å². The van der Waals surface area contributed by atoms with Gasteiger partial charge in [0.15, 0.2) is 0 Å². The van der Waals surface area contributed by atoms with Crippen molar-refractivity contribution in [3.8, 4) is 0 Å². The van der Waals surface area contributed by atoms with Gasteiger partial charge in [0.05, 0.1) is 11.7 Å². The molecular weight excluding hydrogens is 343 g/mol. The second-order valence-electron chi connectivity index (χ2n) is 5.57. The van der Waals surface area contributed by atoms with E-state index in [4.69, 9.17) is 0 Å². The topological polar surface area (TPSA) is 32.3 Å². The van der Waals surface area contributed by atoms with E-state index in [0.717, 1.165) is 11.3 Å². The third-order valence-electron chi connectivity index (χ3n) is 4.15. The number of carbonyl (C=O) groups is 1. The predicted molar refractivity (Wildman–Crippen MR) is 96.3 cm³/mol. The molecule has 0 radical (unpaired) electrons. The maximum absolute atomic E-state index is 13.8. The Balaban J connectivity index is 1.66. The van der Waals surface area contributed by atoms with Crippen LogP contribution in [0.5, 0.6) is 0 Å². The highest BCUT2D eigenvalue weighted by atomic mass is 32.1. The zero-order valence-corrected chi connectivity index (χ0v) is 14.4. The van der Waals surface area contributed by atoms with E-state index in [0.29, 0.717) is 6.54 Å². The first kappa shape index (κ1) is 15.4. The molecule has 24 heavy (non-hydrogen) atoms. The number of nitrogens with one attached hydrogen (secondary N) is 1. The number of rotatable bonds is 2. The van der Waals surface area contributed by atoms with Gasteiger partial charge in [-0.3, -0.25) is 0 Å². The van der Waals surface area contributed by atoms with Crippen molar-refractivity contribution >= 4 is 34.4 Å². The molecule has 2 aromatic heterocycles. The van der Waals surface area contributed by atoms with Gasteiger partial charge in [-0.2, -0.15) is 0 Å². The van der Waals surface area contributed by atoms with Gasteiger partial charge in [0.1, 0.15) is 5.82 Å². The number of halogens is 1. The Hall–Kier alpha value is -2.18. The third kappa shape index (κ3) is 2.72. The lowest BCUT2D eigenvalue weighted by atomic mass is 9.99. The van der Waals surface area contributed by atoms with Crippen LogP contribution in [0.4, 0.5) is 14.9 Å². The smallest absolute Gasteiger partial charge is 0.312 e. The van der Waals surface area contributed by atoms with Crippen molar-refractivity contribution in [3.05, 3.63) is 74.4 Å². The number of hydrogen-bond acceptors (Lipinski definition) is 3. The van der Waals surface area contributed by atoms with Gasteiger partial charge in [-0.05, 0) is 47.0 Å². The summed E-state index contributed by atoms with van der Waals surface area (Å²) in [4.78, 5) is 17.1. The molecule has 4 rings (SSSR count). The zero-order valence-electron chi connectivity index (χ0n) is 12.7. The Labute approximate surface area is 147 Å². The summed E-state index contributed by atoms with van der Waals surface area (Å²) in [5.41, 5.74) is 1.39. The molecular formula is C18H15FN2OS2. The van der Waals surface area contributed by atoms with Gasteiger partial charge in [0.2, 0.25) is 0 Å². The van der Waals surface area contributed by atoms with E-state index < -0.39 is 5.82 Å². The summed E-state index contributed by atoms with van der Waals surface area (Å²) in [5, 5.41) is 6.80. The maximum atomic E-state index is 13.8. The van der Waals surface area contributed by atoms with Gasteiger partial charge in [-0.25, -0.2) is 9.18 Å². The molecule has 0 unspecified atom stereocenters. The molecule has 6 heteroatoms. The predicted octanol–water partition coefficient (Wildman–Crippen LogP) is 5.13. The van der Waals surface area contributed by atoms with E-state index in [1.54, 1.807) is 45.8 Å². The van der Waals surface area contributed by atoms with Crippen LogP contribution in [0, 0.1) is 5.82 Å². The number of hydrogen-bond donors (Lipinski definition) is 1. The number of thiophene rings is 2. The van der Waals surface area contributed by atoms with Gasteiger partial charge in [-0.15, -0.1) is 22.7 Å². The van der Waals surface area contributed by atoms with Crippen LogP contribution in [0.1, 0.15) is 21.4 Å². The summed E-state index contributed by atoms with van der Waals surface area (Å²) < 4.78 is 13.8. The second kappa shape index (κ2) is 6.37. The molecule has 1 aliphatic heterocycles. The highest BCUT2D eigenvalue weighted by Gasteiger charge is 2.33. The average Bonchev–Trinajstić information content (AvgIpc) is 3.27. The maximum Gasteiger partial charge on any atom is 0.322 e. The molecule has 2 amide bonds. The minimum atomic E-state index is -0.424. The van der Waals surface area contributed by atoms with E-state index in [2.05, 4.69) is 16.8 Å². The average molecular weight is 358 g/mol. The fraction of sp³-hybridized carbons (Fsp3) is 0.167. The number of benzene rings is 1. The molecule has 0 saturated carbocycles. The van der Waals surface area contributed by atoms with Crippen molar-refractivity contribution in [1.82, 2.24) is 4.90 Å². The lowest BCUT2D eigenvalue weighted by Crippen LogP contribution is -2.42. The van der Waals surface area contributed by atoms with E-state index in [-0.39, 0.29) is 17.8 Å². The molecule has 1 atom stereocenters. The summed E-state index contributed by atoms with van der Waals surface area (Å²) in [6.07, 6.45) is 0.833. The van der Waals surface area contributed by atoms with Crippen LogP contribution in [-0.2, 0) is 6.42 Å². The first-order valence-corrected chi connectivity index (χ1v) is 9.42. The molecule has 0 spiro atoms. The van der Waals surface area contributed by atoms with Gasteiger partial charge in [-0.1, -0.05) is 18.2 Å². The molecule has 1 N–H and O–H groups in total. The van der Waals surface area contributed by atoms with Crippen LogP contribution in [0.15, 0.2) is 53.2 Å². The number of para-hydroxylation sites is 1. The minimum absolute atomic E-state index is 0.105. The Morgan fingerprint density at radius 2 is 2.00 bits per heavy atom. The number of amides is 2. The minimum Gasteiger partial charge on any atom is -0.312 e. The van der Waals surface area contributed by atoms with E-state index in [1.165, 1.54) is 16.5 Å². The number of urea groups is 1. The molecule has 0 fully saturated rings. The highest BCUT2D eigenvalue weighted by molar-refractivity contribution is 7.10. The summed E-state index contributed by atoms with van der Waals surface area (Å²) >= 11 is 3.37. The highest BCUT2D eigenvalue weighted by Crippen LogP contribution is 2.39. The largest absolute Gasteiger partial charge is 0.322 e. The lowest BCUT2D eigenvalue weighted by molar-refractivity contribution is 0.195. The zero-order chi connectivity index (χ0) is 16.5.